The van der Waals surface area contributed by atoms with Crippen molar-refractivity contribution in [2.75, 3.05) is 51.1 Å². The monoisotopic (exact) mass is 605 g/mol. The Hall–Kier alpha value is -3.79. The van der Waals surface area contributed by atoms with Gasteiger partial charge in [-0.3, -0.25) is 4.79 Å². The third-order valence-corrected chi connectivity index (χ3v) is 10.1. The molecule has 0 unspecified atom stereocenters. The van der Waals surface area contributed by atoms with E-state index in [0.29, 0.717) is 51.5 Å². The fourth-order valence-electron chi connectivity index (χ4n) is 7.43. The van der Waals surface area contributed by atoms with Gasteiger partial charge >= 0.3 is 12.1 Å². The average Bonchev–Trinajstić information content (AvgIpc) is 3.23. The Bertz CT molecular complexity index is 1300. The molecule has 6 rings (SSSR count). The highest BCUT2D eigenvalue weighted by Crippen LogP contribution is 2.31. The van der Waals surface area contributed by atoms with Crippen molar-refractivity contribution in [2.24, 2.45) is 11.8 Å². The van der Waals surface area contributed by atoms with E-state index in [1.165, 1.54) is 12.8 Å². The van der Waals surface area contributed by atoms with E-state index < -0.39 is 12.2 Å². The molecule has 4 amide bonds. The Morgan fingerprint density at radius 3 is 2.25 bits per heavy atom. The lowest BCUT2D eigenvalue weighted by Crippen LogP contribution is -2.52. The van der Waals surface area contributed by atoms with Crippen LogP contribution in [0.2, 0.25) is 0 Å². The number of para-hydroxylation sites is 1. The van der Waals surface area contributed by atoms with Crippen molar-refractivity contribution in [2.45, 2.75) is 63.5 Å². The molecule has 0 aromatic heterocycles. The highest BCUT2D eigenvalue weighted by atomic mass is 16.6. The molecule has 0 bridgehead atoms. The molecule has 1 atom stereocenters. The number of carbonyl (C=O) groups is 3. The van der Waals surface area contributed by atoms with Crippen molar-refractivity contribution in [1.82, 2.24) is 20.0 Å². The topological polar surface area (TPSA) is 114 Å². The number of phenolic OH excluding ortho intramolecular Hbond substituents is 1. The molecule has 0 radical (unpaired) electrons. The molecule has 4 aliphatic heterocycles. The number of phenols is 1. The van der Waals surface area contributed by atoms with E-state index >= 15 is 0 Å². The van der Waals surface area contributed by atoms with Crippen molar-refractivity contribution in [3.8, 4) is 5.75 Å². The Kier molecular flexibility index (Phi) is 9.54. The van der Waals surface area contributed by atoms with Crippen LogP contribution in [0.25, 0.3) is 0 Å². The molecule has 0 saturated carbocycles. The maximum Gasteiger partial charge on any atom is 0.410 e. The van der Waals surface area contributed by atoms with Crippen LogP contribution in [0.4, 0.5) is 15.3 Å². The molecule has 44 heavy (non-hydrogen) atoms. The fraction of sp³-hybridized carbons (Fsp3) is 0.559. The van der Waals surface area contributed by atoms with Gasteiger partial charge in [0.25, 0.3) is 5.91 Å². The van der Waals surface area contributed by atoms with E-state index in [4.69, 9.17) is 4.74 Å². The van der Waals surface area contributed by atoms with Gasteiger partial charge < -0.3 is 35.2 Å². The molecule has 10 nitrogen and oxygen atoms in total. The zero-order chi connectivity index (χ0) is 30.5. The van der Waals surface area contributed by atoms with Crippen LogP contribution in [0, 0.1) is 11.8 Å². The van der Waals surface area contributed by atoms with Gasteiger partial charge in [0.1, 0.15) is 5.75 Å². The van der Waals surface area contributed by atoms with Gasteiger partial charge in [-0.15, -0.1) is 0 Å². The number of amides is 4. The molecular weight excluding hydrogens is 558 g/mol. The zero-order valence-corrected chi connectivity index (χ0v) is 25.5. The maximum absolute atomic E-state index is 13.8. The summed E-state index contributed by atoms with van der Waals surface area (Å²) in [6, 6.07) is 14.5. The summed E-state index contributed by atoms with van der Waals surface area (Å²) in [5, 5.41) is 16.2. The van der Waals surface area contributed by atoms with Crippen LogP contribution in [-0.4, -0.2) is 95.8 Å². The number of likely N-dealkylation sites (tertiary alicyclic amines) is 2. The van der Waals surface area contributed by atoms with E-state index in [1.807, 2.05) is 34.1 Å². The number of nitrogens with one attached hydrogen (secondary N) is 2. The molecule has 0 spiro atoms. The van der Waals surface area contributed by atoms with E-state index in [1.54, 1.807) is 29.2 Å². The molecule has 238 valence electrons. The minimum absolute atomic E-state index is 0. The number of fused-ring (bicyclic) bond motifs is 1. The number of ether oxygens (including phenoxy) is 1. The van der Waals surface area contributed by atoms with Crippen LogP contribution in [0.3, 0.4) is 0 Å². The van der Waals surface area contributed by atoms with Gasteiger partial charge in [0, 0.05) is 52.3 Å². The number of piperidine rings is 3. The lowest BCUT2D eigenvalue weighted by Gasteiger charge is -2.39. The van der Waals surface area contributed by atoms with Gasteiger partial charge in [-0.25, -0.2) is 9.59 Å². The predicted octanol–water partition coefficient (Wildman–Crippen LogP) is 4.48. The minimum Gasteiger partial charge on any atom is -0.508 e. The third kappa shape index (κ3) is 7.12. The van der Waals surface area contributed by atoms with Crippen molar-refractivity contribution >= 4 is 23.7 Å². The van der Waals surface area contributed by atoms with Crippen LogP contribution >= 0.6 is 0 Å². The van der Waals surface area contributed by atoms with E-state index in [0.717, 1.165) is 55.1 Å². The Labute approximate surface area is 261 Å². The van der Waals surface area contributed by atoms with E-state index in [9.17, 15) is 19.5 Å². The quantitative estimate of drug-likeness (QED) is 0.448. The Morgan fingerprint density at radius 1 is 0.864 bits per heavy atom. The van der Waals surface area contributed by atoms with Gasteiger partial charge in [0.2, 0.25) is 0 Å². The molecule has 3 saturated heterocycles. The Balaban J connectivity index is 0.00000400. The summed E-state index contributed by atoms with van der Waals surface area (Å²) in [7, 11) is 0. The molecule has 3 fully saturated rings. The summed E-state index contributed by atoms with van der Waals surface area (Å²) in [5.74, 6) is 1.36. The van der Waals surface area contributed by atoms with Crippen LogP contribution in [-0.2, 0) is 22.4 Å². The average molecular weight is 606 g/mol. The van der Waals surface area contributed by atoms with Crippen molar-refractivity contribution in [1.29, 1.82) is 0 Å². The first kappa shape index (κ1) is 30.2. The number of hydrogen-bond donors (Lipinski definition) is 3. The lowest BCUT2D eigenvalue weighted by molar-refractivity contribution is -0.142. The normalized spacial score (nSPS) is 21.3. The number of hydrogen-bond acceptors (Lipinski definition) is 6. The second kappa shape index (κ2) is 13.9. The number of anilines is 1. The van der Waals surface area contributed by atoms with Crippen LogP contribution in [0.1, 0.15) is 51.1 Å². The number of carbonyl (C=O) groups excluding carboxylic acids is 3. The van der Waals surface area contributed by atoms with Crippen molar-refractivity contribution in [3.63, 3.8) is 0 Å². The van der Waals surface area contributed by atoms with Gasteiger partial charge in [-0.05, 0) is 99.2 Å². The Morgan fingerprint density at radius 2 is 1.52 bits per heavy atom. The molecule has 2 aromatic carbocycles. The standard InChI is InChI=1S/C34H45N5O5.H2/c40-29-7-5-24(6-8-29)23-31(32(41)37-18-11-26(12-19-37)25-9-16-35-17-10-25)44-34(43)38-20-14-28(15-21-38)39-22-13-27-3-1-2-4-30(27)36-33(39)42;/h1-8,25-26,28,31,35,40H,9-23H2,(H,36,42);1H/t31-;/m1./s1. The number of rotatable bonds is 6. The van der Waals surface area contributed by atoms with E-state index in [2.05, 4.69) is 10.6 Å². The van der Waals surface area contributed by atoms with E-state index in [-0.39, 0.29) is 31.6 Å². The van der Waals surface area contributed by atoms with Crippen molar-refractivity contribution < 1.29 is 25.7 Å². The summed E-state index contributed by atoms with van der Waals surface area (Å²) in [4.78, 5) is 45.7. The fourth-order valence-corrected chi connectivity index (χ4v) is 7.43. The molecule has 4 aliphatic rings. The first-order chi connectivity index (χ1) is 21.4. The van der Waals surface area contributed by atoms with Crippen LogP contribution in [0.15, 0.2) is 48.5 Å². The number of benzene rings is 2. The number of aromatic hydroxyl groups is 1. The molecule has 3 N–H and O–H groups in total. The van der Waals surface area contributed by atoms with Crippen LogP contribution < -0.4 is 10.6 Å². The largest absolute Gasteiger partial charge is 0.508 e. The minimum atomic E-state index is -0.935. The first-order valence-electron chi connectivity index (χ1n) is 16.3. The van der Waals surface area contributed by atoms with Gasteiger partial charge in [0.15, 0.2) is 6.10 Å². The summed E-state index contributed by atoms with van der Waals surface area (Å²) in [5.41, 5.74) is 2.82. The number of urea groups is 1. The summed E-state index contributed by atoms with van der Waals surface area (Å²) < 4.78 is 5.98. The van der Waals surface area contributed by atoms with Gasteiger partial charge in [-0.2, -0.15) is 0 Å². The smallest absolute Gasteiger partial charge is 0.410 e. The van der Waals surface area contributed by atoms with Crippen LogP contribution in [0.5, 0.6) is 5.75 Å². The highest BCUT2D eigenvalue weighted by Gasteiger charge is 2.36. The van der Waals surface area contributed by atoms with Crippen molar-refractivity contribution in [3.05, 3.63) is 59.7 Å². The molecule has 10 heteroatoms. The summed E-state index contributed by atoms with van der Waals surface area (Å²) in [6.45, 7) is 5.07. The highest BCUT2D eigenvalue weighted by molar-refractivity contribution is 5.91. The third-order valence-electron chi connectivity index (χ3n) is 10.1. The molecule has 2 aromatic rings. The summed E-state index contributed by atoms with van der Waals surface area (Å²) in [6.07, 6.45) is 5.29. The SMILES string of the molecule is O=C(O[C@H](Cc1ccc(O)cc1)C(=O)N1CCC(C2CCNCC2)CC1)N1CCC(N2CCc3ccccc3NC2=O)CC1.[HH]. The predicted molar refractivity (Wildman–Crippen MR) is 170 cm³/mol. The van der Waals surface area contributed by atoms with Gasteiger partial charge in [-0.1, -0.05) is 30.3 Å². The second-order valence-electron chi connectivity index (χ2n) is 12.7. The lowest BCUT2D eigenvalue weighted by atomic mass is 9.79. The molecule has 4 heterocycles. The molecular formula is C34H47N5O5. The molecule has 0 aliphatic carbocycles. The number of nitrogens with zero attached hydrogens (tertiary/aromatic N) is 3. The zero-order valence-electron chi connectivity index (χ0n) is 25.5. The summed E-state index contributed by atoms with van der Waals surface area (Å²) >= 11 is 0. The maximum atomic E-state index is 13.8. The van der Waals surface area contributed by atoms with Gasteiger partial charge in [0.05, 0.1) is 0 Å². The second-order valence-corrected chi connectivity index (χ2v) is 12.7. The first-order valence-corrected chi connectivity index (χ1v) is 16.3.